The van der Waals surface area contributed by atoms with E-state index in [9.17, 15) is 4.79 Å². The van der Waals surface area contributed by atoms with Crippen LogP contribution >= 0.6 is 0 Å². The molecule has 0 radical (unpaired) electrons. The van der Waals surface area contributed by atoms with Crippen LogP contribution in [0.3, 0.4) is 0 Å². The second-order valence-corrected chi connectivity index (χ2v) is 6.07. The van der Waals surface area contributed by atoms with Crippen LogP contribution in [0.25, 0.3) is 0 Å². The number of anilines is 1. The molecule has 0 saturated heterocycles. The van der Waals surface area contributed by atoms with Crippen LogP contribution in [0.15, 0.2) is 24.3 Å². The van der Waals surface area contributed by atoms with Crippen LogP contribution in [0.2, 0.25) is 0 Å². The molecule has 0 unspecified atom stereocenters. The van der Waals surface area contributed by atoms with Gasteiger partial charge in [0.25, 0.3) is 0 Å². The fourth-order valence-corrected chi connectivity index (χ4v) is 3.12. The van der Waals surface area contributed by atoms with Crippen LogP contribution in [-0.2, 0) is 6.54 Å². The largest absolute Gasteiger partial charge is 0.492 e. The molecule has 0 bridgehead atoms. The van der Waals surface area contributed by atoms with Crippen molar-refractivity contribution >= 4 is 11.7 Å². The van der Waals surface area contributed by atoms with Crippen molar-refractivity contribution in [2.24, 2.45) is 0 Å². The van der Waals surface area contributed by atoms with Crippen LogP contribution in [0.1, 0.15) is 50.9 Å². The zero-order chi connectivity index (χ0) is 17.5. The number of carbonyl (C=O) groups is 1. The molecular weight excluding hydrogens is 320 g/mol. The molecule has 1 aliphatic carbocycles. The molecule has 0 aliphatic heterocycles. The topological polar surface area (TPSA) is 94.0 Å². The molecule has 8 nitrogen and oxygen atoms in total. The van der Waals surface area contributed by atoms with Crippen LogP contribution < -0.4 is 15.4 Å². The molecule has 1 saturated carbocycles. The van der Waals surface area contributed by atoms with Gasteiger partial charge in [-0.1, -0.05) is 31.4 Å². The Morgan fingerprint density at radius 3 is 2.88 bits per heavy atom. The first-order chi connectivity index (χ1) is 12.3. The van der Waals surface area contributed by atoms with Crippen molar-refractivity contribution in [1.29, 1.82) is 0 Å². The number of nitrogens with zero attached hydrogens (tertiary/aromatic N) is 4. The van der Waals surface area contributed by atoms with Crippen molar-refractivity contribution < 1.29 is 9.53 Å². The molecule has 8 heteroatoms. The van der Waals surface area contributed by atoms with Gasteiger partial charge in [-0.15, -0.1) is 5.10 Å². The number of amides is 2. The molecule has 1 aliphatic rings. The molecule has 134 valence electrons. The van der Waals surface area contributed by atoms with Gasteiger partial charge in [-0.05, 0) is 42.3 Å². The Morgan fingerprint density at radius 1 is 1.28 bits per heavy atom. The molecule has 2 N–H and O–H groups in total. The summed E-state index contributed by atoms with van der Waals surface area (Å²) in [5.41, 5.74) is 0.633. The lowest BCUT2D eigenvalue weighted by Gasteiger charge is -2.22. The molecule has 3 rings (SSSR count). The molecule has 1 aromatic carbocycles. The Hall–Kier alpha value is -2.64. The molecule has 2 amide bonds. The average molecular weight is 344 g/mol. The van der Waals surface area contributed by atoms with E-state index in [0.717, 1.165) is 12.8 Å². The van der Waals surface area contributed by atoms with E-state index in [1.165, 1.54) is 19.3 Å². The van der Waals surface area contributed by atoms with Crippen LogP contribution in [0.5, 0.6) is 5.75 Å². The molecule has 1 heterocycles. The van der Waals surface area contributed by atoms with E-state index >= 15 is 0 Å². The van der Waals surface area contributed by atoms with Crippen molar-refractivity contribution in [3.05, 3.63) is 30.1 Å². The molecule has 2 aromatic rings. The zero-order valence-corrected chi connectivity index (χ0v) is 14.4. The van der Waals surface area contributed by atoms with E-state index in [4.69, 9.17) is 4.74 Å². The van der Waals surface area contributed by atoms with Gasteiger partial charge >= 0.3 is 6.03 Å². The predicted octanol–water partition coefficient (Wildman–Crippen LogP) is 2.90. The first-order valence-electron chi connectivity index (χ1n) is 8.81. The monoisotopic (exact) mass is 344 g/mol. The van der Waals surface area contributed by atoms with Gasteiger partial charge in [0.05, 0.1) is 24.9 Å². The van der Waals surface area contributed by atoms with Crippen molar-refractivity contribution in [1.82, 2.24) is 25.5 Å². The fourth-order valence-electron chi connectivity index (χ4n) is 3.12. The number of urea groups is 1. The van der Waals surface area contributed by atoms with Gasteiger partial charge in [0.15, 0.2) is 5.82 Å². The highest BCUT2D eigenvalue weighted by atomic mass is 16.5. The van der Waals surface area contributed by atoms with E-state index in [0.29, 0.717) is 29.9 Å². The number of para-hydroxylation sites is 2. The van der Waals surface area contributed by atoms with E-state index in [1.807, 2.05) is 29.8 Å². The third-order valence-electron chi connectivity index (χ3n) is 4.32. The maximum Gasteiger partial charge on any atom is 0.319 e. The van der Waals surface area contributed by atoms with Gasteiger partial charge in [0.2, 0.25) is 0 Å². The summed E-state index contributed by atoms with van der Waals surface area (Å²) in [7, 11) is 0. The first kappa shape index (κ1) is 17.2. The number of ether oxygens (including phenoxy) is 1. The van der Waals surface area contributed by atoms with Gasteiger partial charge < -0.3 is 15.4 Å². The Labute approximate surface area is 146 Å². The maximum absolute atomic E-state index is 12.2. The van der Waals surface area contributed by atoms with Gasteiger partial charge in [-0.2, -0.15) is 0 Å². The van der Waals surface area contributed by atoms with Crippen molar-refractivity contribution in [2.45, 2.75) is 51.6 Å². The summed E-state index contributed by atoms with van der Waals surface area (Å²) < 4.78 is 7.36. The number of hydrogen-bond donors (Lipinski definition) is 2. The van der Waals surface area contributed by atoms with Crippen LogP contribution in [0, 0.1) is 0 Å². The molecular formula is C17H24N6O2. The molecule has 0 spiro atoms. The summed E-state index contributed by atoms with van der Waals surface area (Å²) in [5, 5.41) is 17.5. The van der Waals surface area contributed by atoms with Crippen molar-refractivity contribution in [3.63, 3.8) is 0 Å². The van der Waals surface area contributed by atoms with Gasteiger partial charge in [-0.3, -0.25) is 0 Å². The highest BCUT2D eigenvalue weighted by Gasteiger charge is 2.20. The van der Waals surface area contributed by atoms with E-state index in [2.05, 4.69) is 26.2 Å². The lowest BCUT2D eigenvalue weighted by molar-refractivity contribution is 0.250. The number of rotatable bonds is 6. The number of hydrogen-bond acceptors (Lipinski definition) is 5. The van der Waals surface area contributed by atoms with Gasteiger partial charge in [0, 0.05) is 0 Å². The summed E-state index contributed by atoms with van der Waals surface area (Å²) in [6.07, 6.45) is 5.85. The third kappa shape index (κ3) is 4.46. The predicted molar refractivity (Wildman–Crippen MR) is 93.4 cm³/mol. The minimum Gasteiger partial charge on any atom is -0.492 e. The molecule has 1 aromatic heterocycles. The number of aromatic nitrogens is 4. The smallest absolute Gasteiger partial charge is 0.319 e. The SMILES string of the molecule is CCOc1ccccc1NC(=O)NCc1nnnn1C1CCCCC1. The molecule has 25 heavy (non-hydrogen) atoms. The summed E-state index contributed by atoms with van der Waals surface area (Å²) in [4.78, 5) is 12.2. The zero-order valence-electron chi connectivity index (χ0n) is 14.4. The minimum absolute atomic E-state index is 0.284. The number of nitrogens with one attached hydrogen (secondary N) is 2. The van der Waals surface area contributed by atoms with Crippen LogP contribution in [-0.4, -0.2) is 32.8 Å². The second-order valence-electron chi connectivity index (χ2n) is 6.07. The second kappa shape index (κ2) is 8.46. The Bertz CT molecular complexity index is 696. The Kier molecular flexibility index (Phi) is 5.81. The lowest BCUT2D eigenvalue weighted by atomic mass is 9.96. The number of tetrazole rings is 1. The van der Waals surface area contributed by atoms with Crippen LogP contribution in [0.4, 0.5) is 10.5 Å². The van der Waals surface area contributed by atoms with Crippen molar-refractivity contribution in [3.8, 4) is 5.75 Å². The Balaban J connectivity index is 1.57. The number of benzene rings is 1. The quantitative estimate of drug-likeness (QED) is 0.840. The van der Waals surface area contributed by atoms with Gasteiger partial charge in [-0.25, -0.2) is 9.48 Å². The first-order valence-corrected chi connectivity index (χ1v) is 8.81. The maximum atomic E-state index is 12.2. The summed E-state index contributed by atoms with van der Waals surface area (Å²) in [6, 6.07) is 7.36. The number of carbonyl (C=O) groups excluding carboxylic acids is 1. The highest BCUT2D eigenvalue weighted by molar-refractivity contribution is 5.90. The standard InChI is InChI=1S/C17H24N6O2/c1-2-25-15-11-7-6-10-14(15)19-17(24)18-12-16-20-21-22-23(16)13-8-4-3-5-9-13/h6-7,10-11,13H,2-5,8-9,12H2,1H3,(H2,18,19,24). The third-order valence-corrected chi connectivity index (χ3v) is 4.32. The average Bonchev–Trinajstić information content (AvgIpc) is 3.11. The van der Waals surface area contributed by atoms with E-state index in [1.54, 1.807) is 6.07 Å². The van der Waals surface area contributed by atoms with E-state index < -0.39 is 0 Å². The summed E-state index contributed by atoms with van der Waals surface area (Å²) in [6.45, 7) is 2.73. The fraction of sp³-hybridized carbons (Fsp3) is 0.529. The summed E-state index contributed by atoms with van der Waals surface area (Å²) >= 11 is 0. The Morgan fingerprint density at radius 2 is 2.08 bits per heavy atom. The lowest BCUT2D eigenvalue weighted by Crippen LogP contribution is -2.30. The highest BCUT2D eigenvalue weighted by Crippen LogP contribution is 2.27. The molecule has 0 atom stereocenters. The van der Waals surface area contributed by atoms with Crippen molar-refractivity contribution in [2.75, 3.05) is 11.9 Å². The normalized spacial score (nSPS) is 14.9. The van der Waals surface area contributed by atoms with Gasteiger partial charge in [0.1, 0.15) is 5.75 Å². The minimum atomic E-state index is -0.314. The molecule has 1 fully saturated rings. The summed E-state index contributed by atoms with van der Waals surface area (Å²) in [5.74, 6) is 1.33. The van der Waals surface area contributed by atoms with E-state index in [-0.39, 0.29) is 12.6 Å².